The van der Waals surface area contributed by atoms with Gasteiger partial charge in [0.1, 0.15) is 13.2 Å². The van der Waals surface area contributed by atoms with Crippen molar-refractivity contribution in [3.63, 3.8) is 0 Å². The van der Waals surface area contributed by atoms with Crippen LogP contribution in [-0.2, 0) is 18.4 Å². The Balaban J connectivity index is 4.23. The zero-order valence-electron chi connectivity index (χ0n) is 44.6. The van der Waals surface area contributed by atoms with Crippen molar-refractivity contribution in [2.75, 3.05) is 40.9 Å². The molecule has 0 aromatic heterocycles. The maximum Gasteiger partial charge on any atom is 0.472 e. The monoisotopic (exact) mass is 962 g/mol. The normalized spacial score (nSPS) is 14.4. The van der Waals surface area contributed by atoms with Gasteiger partial charge in [0, 0.05) is 6.42 Å². The number of unbranched alkanes of at least 4 members (excludes halogenated alkanes) is 28. The second kappa shape index (κ2) is 49.2. The van der Waals surface area contributed by atoms with Crippen molar-refractivity contribution in [2.45, 2.75) is 264 Å². The largest absolute Gasteiger partial charge is 0.472 e. The van der Waals surface area contributed by atoms with Gasteiger partial charge in [0.05, 0.1) is 39.9 Å². The summed E-state index contributed by atoms with van der Waals surface area (Å²) < 4.78 is 23.8. The number of nitrogens with zero attached hydrogens (tertiary/aromatic N) is 1. The van der Waals surface area contributed by atoms with E-state index in [1.165, 1.54) is 148 Å². The van der Waals surface area contributed by atoms with Crippen molar-refractivity contribution < 1.29 is 32.9 Å². The number of likely N-dealkylation sites (N-methyl/N-ethyl adjacent to an activating group) is 1. The molecular weight excluding hydrogens is 852 g/mol. The Labute approximate surface area is 415 Å². The lowest BCUT2D eigenvalue weighted by Gasteiger charge is -2.26. The highest BCUT2D eigenvalue weighted by Crippen LogP contribution is 2.43. The summed E-state index contributed by atoms with van der Waals surface area (Å²) in [5.41, 5.74) is 0. The average molecular weight is 962 g/mol. The number of quaternary nitrogens is 1. The van der Waals surface area contributed by atoms with Gasteiger partial charge in [0.2, 0.25) is 5.91 Å². The van der Waals surface area contributed by atoms with Crippen LogP contribution in [0.1, 0.15) is 251 Å². The Morgan fingerprint density at radius 2 is 0.896 bits per heavy atom. The summed E-state index contributed by atoms with van der Waals surface area (Å²) in [7, 11) is 1.61. The highest BCUT2D eigenvalue weighted by molar-refractivity contribution is 7.47. The van der Waals surface area contributed by atoms with Crippen LogP contribution in [0, 0.1) is 0 Å². The molecule has 3 N–H and O–H groups in total. The fourth-order valence-electron chi connectivity index (χ4n) is 8.13. The summed E-state index contributed by atoms with van der Waals surface area (Å²) in [6.07, 6.45) is 65.5. The third kappa shape index (κ3) is 51.9. The molecule has 0 aliphatic rings. The Kier molecular flexibility index (Phi) is 47.9. The number of aliphatic hydroxyl groups is 1. The van der Waals surface area contributed by atoms with E-state index in [9.17, 15) is 19.4 Å². The second-order valence-corrected chi connectivity index (χ2v) is 21.7. The molecule has 0 fully saturated rings. The minimum Gasteiger partial charge on any atom is -0.391 e. The second-order valence-electron chi connectivity index (χ2n) is 20.3. The third-order valence-corrected chi connectivity index (χ3v) is 13.5. The maximum atomic E-state index is 13.0. The molecule has 1 amide bonds. The Hall–Kier alpha value is -1.80. The van der Waals surface area contributed by atoms with Gasteiger partial charge in [0.25, 0.3) is 0 Å². The number of hydrogen-bond acceptors (Lipinski definition) is 5. The van der Waals surface area contributed by atoms with Crippen LogP contribution >= 0.6 is 7.82 Å². The molecule has 8 nitrogen and oxygen atoms in total. The Bertz CT molecular complexity index is 1270. The number of carbonyl (C=O) groups excluding carboxylic acids is 1. The number of amides is 1. The molecule has 3 atom stereocenters. The zero-order valence-corrected chi connectivity index (χ0v) is 45.5. The molecule has 0 bridgehead atoms. The van der Waals surface area contributed by atoms with E-state index in [1.807, 2.05) is 21.1 Å². The van der Waals surface area contributed by atoms with Gasteiger partial charge in [-0.15, -0.1) is 0 Å². The SMILES string of the molecule is CC/C=C\C/C=C\C/C=C\C/C=C\C/C=C\CCCCCCCCCC(=O)NC(COP(=O)(O)OCC[N+](C)(C)C)C(O)CCCCCCCCCCCCCCCCCCCCCCCC. The van der Waals surface area contributed by atoms with Crippen molar-refractivity contribution in [1.29, 1.82) is 0 Å². The van der Waals surface area contributed by atoms with Crippen molar-refractivity contribution in [1.82, 2.24) is 5.32 Å². The highest BCUT2D eigenvalue weighted by atomic mass is 31.2. The van der Waals surface area contributed by atoms with E-state index < -0.39 is 20.0 Å². The molecule has 0 heterocycles. The molecule has 0 aliphatic heterocycles. The molecule has 0 rings (SSSR count). The van der Waals surface area contributed by atoms with Crippen molar-refractivity contribution in [2.24, 2.45) is 0 Å². The van der Waals surface area contributed by atoms with E-state index in [2.05, 4.69) is 79.9 Å². The first kappa shape index (κ1) is 65.2. The van der Waals surface area contributed by atoms with Crippen molar-refractivity contribution in [3.05, 3.63) is 60.8 Å². The molecule has 0 saturated carbocycles. The first-order chi connectivity index (χ1) is 32.5. The van der Waals surface area contributed by atoms with Crippen molar-refractivity contribution in [3.8, 4) is 0 Å². The lowest BCUT2D eigenvalue weighted by Crippen LogP contribution is -2.46. The predicted molar refractivity (Wildman–Crippen MR) is 290 cm³/mol. The van der Waals surface area contributed by atoms with E-state index in [0.29, 0.717) is 23.9 Å². The van der Waals surface area contributed by atoms with E-state index in [0.717, 1.165) is 77.0 Å². The fraction of sp³-hybridized carbons (Fsp3) is 0.810. The van der Waals surface area contributed by atoms with E-state index in [-0.39, 0.29) is 19.1 Å². The summed E-state index contributed by atoms with van der Waals surface area (Å²) in [6.45, 7) is 4.79. The van der Waals surface area contributed by atoms with Crippen LogP contribution in [0.4, 0.5) is 0 Å². The number of rotatable bonds is 51. The number of hydrogen-bond donors (Lipinski definition) is 3. The molecule has 9 heteroatoms. The van der Waals surface area contributed by atoms with Crippen LogP contribution < -0.4 is 5.32 Å². The number of phosphoric acid groups is 1. The minimum absolute atomic E-state index is 0.0701. The van der Waals surface area contributed by atoms with E-state index >= 15 is 0 Å². The molecule has 392 valence electrons. The number of phosphoric ester groups is 1. The molecular formula is C58H110N2O6P+. The molecule has 0 spiro atoms. The summed E-state index contributed by atoms with van der Waals surface area (Å²) in [5, 5.41) is 14.1. The number of carbonyl (C=O) groups is 1. The molecule has 0 radical (unpaired) electrons. The van der Waals surface area contributed by atoms with Gasteiger partial charge in [-0.05, 0) is 57.8 Å². The van der Waals surface area contributed by atoms with Crippen LogP contribution in [0.2, 0.25) is 0 Å². The summed E-state index contributed by atoms with van der Waals surface area (Å²) in [5.74, 6) is -0.155. The van der Waals surface area contributed by atoms with Crippen LogP contribution in [0.25, 0.3) is 0 Å². The molecule has 0 saturated heterocycles. The topological polar surface area (TPSA) is 105 Å². The Morgan fingerprint density at radius 3 is 1.31 bits per heavy atom. The van der Waals surface area contributed by atoms with Gasteiger partial charge < -0.3 is 19.8 Å². The minimum atomic E-state index is -4.33. The van der Waals surface area contributed by atoms with E-state index in [1.54, 1.807) is 0 Å². The maximum absolute atomic E-state index is 13.0. The van der Waals surface area contributed by atoms with Crippen molar-refractivity contribution >= 4 is 13.7 Å². The summed E-state index contributed by atoms with van der Waals surface area (Å²) in [6, 6.07) is -0.771. The van der Waals surface area contributed by atoms with Crippen LogP contribution in [0.5, 0.6) is 0 Å². The Morgan fingerprint density at radius 1 is 0.522 bits per heavy atom. The van der Waals surface area contributed by atoms with Gasteiger partial charge in [-0.25, -0.2) is 4.57 Å². The zero-order chi connectivity index (χ0) is 49.2. The first-order valence-corrected chi connectivity index (χ1v) is 29.6. The van der Waals surface area contributed by atoms with Gasteiger partial charge in [0.15, 0.2) is 0 Å². The van der Waals surface area contributed by atoms with E-state index in [4.69, 9.17) is 9.05 Å². The predicted octanol–water partition coefficient (Wildman–Crippen LogP) is 16.9. The van der Waals surface area contributed by atoms with Crippen LogP contribution in [-0.4, -0.2) is 73.4 Å². The highest BCUT2D eigenvalue weighted by Gasteiger charge is 2.28. The number of aliphatic hydroxyl groups excluding tert-OH is 1. The van der Waals surface area contributed by atoms with Gasteiger partial charge in [-0.2, -0.15) is 0 Å². The standard InChI is InChI=1S/C58H109N2O6P/c1-6-8-10-12-14-16-18-20-22-24-26-28-30-32-34-36-38-40-42-44-46-48-50-52-58(62)59-56(55-66-67(63,64)65-54-53-60(3,4)5)57(61)51-49-47-45-43-41-39-37-35-33-31-29-27-25-23-21-19-17-15-13-11-9-7-2/h8,10,14,16,20,22,26,28,32,34,56-57,61H,6-7,9,11-13,15,17-19,21,23-25,27,29-31,33,35-55H2,1-5H3,(H-,59,62,63,64)/p+1/b10-8-,16-14-,22-20-,28-26-,34-32-. The molecule has 3 unspecified atom stereocenters. The van der Waals surface area contributed by atoms with Gasteiger partial charge in [-0.1, -0.05) is 248 Å². The fourth-order valence-corrected chi connectivity index (χ4v) is 8.87. The van der Waals surface area contributed by atoms with Gasteiger partial charge >= 0.3 is 7.82 Å². The smallest absolute Gasteiger partial charge is 0.391 e. The molecule has 67 heavy (non-hydrogen) atoms. The molecule has 0 aliphatic carbocycles. The lowest BCUT2D eigenvalue weighted by molar-refractivity contribution is -0.870. The molecule has 0 aromatic carbocycles. The van der Waals surface area contributed by atoms with Crippen LogP contribution in [0.15, 0.2) is 60.8 Å². The first-order valence-electron chi connectivity index (χ1n) is 28.2. The van der Waals surface area contributed by atoms with Gasteiger partial charge in [-0.3, -0.25) is 13.8 Å². The lowest BCUT2D eigenvalue weighted by atomic mass is 10.0. The molecule has 0 aromatic rings. The third-order valence-electron chi connectivity index (χ3n) is 12.5. The average Bonchev–Trinajstić information content (AvgIpc) is 3.29. The summed E-state index contributed by atoms with van der Waals surface area (Å²) >= 11 is 0. The number of allylic oxidation sites excluding steroid dienone is 10. The van der Waals surface area contributed by atoms with Crippen LogP contribution in [0.3, 0.4) is 0 Å². The quantitative estimate of drug-likeness (QED) is 0.0243. The number of nitrogens with one attached hydrogen (secondary N) is 1. The summed E-state index contributed by atoms with van der Waals surface area (Å²) in [4.78, 5) is 23.3.